The summed E-state index contributed by atoms with van der Waals surface area (Å²) in [4.78, 5) is 48.0. The van der Waals surface area contributed by atoms with E-state index in [0.717, 1.165) is 38.5 Å². The predicted octanol–water partition coefficient (Wildman–Crippen LogP) is 10.5. The Labute approximate surface area is 301 Å². The number of unbranched alkanes of at least 4 members (excludes halogenated alkanes) is 24. The lowest BCUT2D eigenvalue weighted by atomic mass is 10.0. The van der Waals surface area contributed by atoms with E-state index >= 15 is 0 Å². The van der Waals surface area contributed by atoms with E-state index in [9.17, 15) is 29.4 Å². The first-order valence-electron chi connectivity index (χ1n) is 19.6. The van der Waals surface area contributed by atoms with Crippen LogP contribution < -0.4 is 10.6 Å². The minimum absolute atomic E-state index is 0.115. The summed E-state index contributed by atoms with van der Waals surface area (Å²) < 4.78 is 0. The average molecular weight is 717 g/mol. The molecule has 2 atom stereocenters. The van der Waals surface area contributed by atoms with Crippen molar-refractivity contribution in [2.75, 3.05) is 11.5 Å². The minimum atomic E-state index is -1.11. The minimum Gasteiger partial charge on any atom is -0.480 e. The average Bonchev–Trinajstić information content (AvgIpc) is 3.05. The number of carboxylic acids is 2. The topological polar surface area (TPSA) is 133 Å². The number of rotatable bonds is 37. The highest BCUT2D eigenvalue weighted by atomic mass is 33.1. The van der Waals surface area contributed by atoms with Crippen LogP contribution >= 0.6 is 21.6 Å². The molecule has 0 aromatic heterocycles. The highest BCUT2D eigenvalue weighted by molar-refractivity contribution is 8.76. The molecular formula is C38H72N2O6S2. The summed E-state index contributed by atoms with van der Waals surface area (Å²) in [6.45, 7) is 4.49. The number of carboxylic acid groups (broad SMARTS) is 2. The van der Waals surface area contributed by atoms with Gasteiger partial charge < -0.3 is 20.8 Å². The molecule has 0 saturated heterocycles. The van der Waals surface area contributed by atoms with Gasteiger partial charge in [0.15, 0.2) is 0 Å². The largest absolute Gasteiger partial charge is 0.480 e. The number of hydrogen-bond acceptors (Lipinski definition) is 6. The number of aliphatic carboxylic acids is 2. The molecule has 0 saturated carbocycles. The number of hydrogen-bond donors (Lipinski definition) is 4. The molecule has 0 aromatic rings. The second-order valence-corrected chi connectivity index (χ2v) is 16.0. The van der Waals surface area contributed by atoms with Crippen LogP contribution in [0.5, 0.6) is 0 Å². The third-order valence-corrected chi connectivity index (χ3v) is 11.3. The second kappa shape index (κ2) is 35.4. The molecule has 0 aliphatic rings. The molecule has 0 heterocycles. The molecule has 0 bridgehead atoms. The molecule has 0 aliphatic heterocycles. The van der Waals surface area contributed by atoms with E-state index in [2.05, 4.69) is 24.5 Å². The molecule has 0 rings (SSSR count). The van der Waals surface area contributed by atoms with Crippen LogP contribution in [-0.4, -0.2) is 57.6 Å². The van der Waals surface area contributed by atoms with Crippen molar-refractivity contribution >= 4 is 45.3 Å². The number of carbonyl (C=O) groups is 4. The predicted molar refractivity (Wildman–Crippen MR) is 205 cm³/mol. The van der Waals surface area contributed by atoms with Crippen LogP contribution in [0.15, 0.2) is 0 Å². The zero-order valence-electron chi connectivity index (χ0n) is 30.7. The zero-order chi connectivity index (χ0) is 35.5. The molecule has 2 amide bonds. The van der Waals surface area contributed by atoms with Crippen LogP contribution in [0.4, 0.5) is 0 Å². The summed E-state index contributed by atoms with van der Waals surface area (Å²) in [6, 6.07) is -2.07. The summed E-state index contributed by atoms with van der Waals surface area (Å²) >= 11 is 0. The first-order chi connectivity index (χ1) is 23.3. The lowest BCUT2D eigenvalue weighted by molar-refractivity contribution is -0.141. The van der Waals surface area contributed by atoms with E-state index in [1.165, 1.54) is 150 Å². The van der Waals surface area contributed by atoms with Gasteiger partial charge in [0.2, 0.25) is 11.8 Å². The maximum atomic E-state index is 12.3. The second-order valence-electron chi connectivity index (χ2n) is 13.5. The van der Waals surface area contributed by atoms with Crippen molar-refractivity contribution in [3.63, 3.8) is 0 Å². The molecule has 48 heavy (non-hydrogen) atoms. The van der Waals surface area contributed by atoms with Crippen LogP contribution in [0, 0.1) is 0 Å². The summed E-state index contributed by atoms with van der Waals surface area (Å²) in [5.41, 5.74) is 0. The molecule has 282 valence electrons. The van der Waals surface area contributed by atoms with Crippen LogP contribution in [-0.2, 0) is 19.2 Å². The Morgan fingerprint density at radius 2 is 0.646 bits per heavy atom. The fourth-order valence-electron chi connectivity index (χ4n) is 5.72. The van der Waals surface area contributed by atoms with Gasteiger partial charge in [-0.1, -0.05) is 190 Å². The van der Waals surface area contributed by atoms with E-state index in [0.29, 0.717) is 12.8 Å². The van der Waals surface area contributed by atoms with Gasteiger partial charge >= 0.3 is 11.9 Å². The van der Waals surface area contributed by atoms with E-state index < -0.39 is 24.0 Å². The normalized spacial score (nSPS) is 12.5. The van der Waals surface area contributed by atoms with Crippen LogP contribution in [0.3, 0.4) is 0 Å². The van der Waals surface area contributed by atoms with Gasteiger partial charge in [0.05, 0.1) is 0 Å². The number of amides is 2. The highest BCUT2D eigenvalue weighted by Gasteiger charge is 2.23. The van der Waals surface area contributed by atoms with Gasteiger partial charge in [-0.25, -0.2) is 9.59 Å². The third kappa shape index (κ3) is 31.8. The molecule has 0 aromatic carbocycles. The molecule has 4 N–H and O–H groups in total. The first kappa shape index (κ1) is 46.6. The molecule has 0 radical (unpaired) electrons. The van der Waals surface area contributed by atoms with Gasteiger partial charge in [0, 0.05) is 24.3 Å². The van der Waals surface area contributed by atoms with E-state index in [1.807, 2.05) is 0 Å². The van der Waals surface area contributed by atoms with Crippen molar-refractivity contribution in [1.29, 1.82) is 0 Å². The van der Waals surface area contributed by atoms with Gasteiger partial charge in [-0.3, -0.25) is 9.59 Å². The monoisotopic (exact) mass is 716 g/mol. The Morgan fingerprint density at radius 3 is 0.875 bits per heavy atom. The summed E-state index contributed by atoms with van der Waals surface area (Å²) in [5, 5.41) is 24.3. The fraction of sp³-hybridized carbons (Fsp3) is 0.895. The smallest absolute Gasteiger partial charge is 0.327 e. The highest BCUT2D eigenvalue weighted by Crippen LogP contribution is 2.23. The Kier molecular flexibility index (Phi) is 34.4. The lowest BCUT2D eigenvalue weighted by Crippen LogP contribution is -2.43. The maximum absolute atomic E-state index is 12.3. The zero-order valence-corrected chi connectivity index (χ0v) is 32.3. The lowest BCUT2D eigenvalue weighted by Gasteiger charge is -2.16. The Hall–Kier alpha value is -1.42. The van der Waals surface area contributed by atoms with Crippen LogP contribution in [0.2, 0.25) is 0 Å². The first-order valence-corrected chi connectivity index (χ1v) is 22.1. The van der Waals surface area contributed by atoms with Crippen molar-refractivity contribution < 1.29 is 29.4 Å². The molecular weight excluding hydrogens is 645 g/mol. The molecule has 0 spiro atoms. The molecule has 0 fully saturated rings. The molecule has 0 aliphatic carbocycles. The Bertz CT molecular complexity index is 737. The van der Waals surface area contributed by atoms with Crippen molar-refractivity contribution in [3.8, 4) is 0 Å². The molecule has 1 unspecified atom stereocenters. The summed E-state index contributed by atoms with van der Waals surface area (Å²) in [5.74, 6) is -2.52. The molecule has 10 heteroatoms. The van der Waals surface area contributed by atoms with Gasteiger partial charge in [-0.05, 0) is 12.8 Å². The fourth-order valence-corrected chi connectivity index (χ4v) is 8.03. The van der Waals surface area contributed by atoms with Gasteiger partial charge in [0.1, 0.15) is 12.1 Å². The Morgan fingerprint density at radius 1 is 0.417 bits per heavy atom. The summed E-state index contributed by atoms with van der Waals surface area (Å²) in [7, 11) is 2.39. The van der Waals surface area contributed by atoms with Crippen molar-refractivity contribution in [2.45, 2.75) is 206 Å². The SMILES string of the molecule is CCCCCCCCCCCCCCCC(=O)NC(CSSC[C@H](NC(=O)CCCCCCCCCCCCCCC)C(=O)O)C(=O)O. The quantitative estimate of drug-likeness (QED) is 0.0369. The van der Waals surface area contributed by atoms with Gasteiger partial charge in [-0.15, -0.1) is 0 Å². The number of nitrogens with one attached hydrogen (secondary N) is 2. The summed E-state index contributed by atoms with van der Waals surface area (Å²) in [6.07, 6.45) is 32.4. The number of carbonyl (C=O) groups excluding carboxylic acids is 2. The van der Waals surface area contributed by atoms with E-state index in [1.54, 1.807) is 0 Å². The third-order valence-electron chi connectivity index (χ3n) is 8.83. The maximum Gasteiger partial charge on any atom is 0.327 e. The standard InChI is InChI=1S/C38H72N2O6S2/c1-3-5-7-9-11-13-15-17-19-21-23-25-27-29-35(41)39-33(37(43)44)31-47-48-32-34(38(45)46)40-36(42)30-28-26-24-22-20-18-16-14-12-10-8-6-4-2/h33-34H,3-32H2,1-2H3,(H,39,41)(H,40,42)(H,43,44)(H,45,46)/t33-,34?/m0/s1. The van der Waals surface area contributed by atoms with Crippen LogP contribution in [0.25, 0.3) is 0 Å². The van der Waals surface area contributed by atoms with Crippen molar-refractivity contribution in [2.24, 2.45) is 0 Å². The van der Waals surface area contributed by atoms with E-state index in [-0.39, 0.29) is 23.3 Å². The van der Waals surface area contributed by atoms with Crippen molar-refractivity contribution in [3.05, 3.63) is 0 Å². The Balaban J connectivity index is 3.93. The van der Waals surface area contributed by atoms with Gasteiger partial charge in [0.25, 0.3) is 0 Å². The van der Waals surface area contributed by atoms with Gasteiger partial charge in [-0.2, -0.15) is 0 Å². The van der Waals surface area contributed by atoms with Crippen molar-refractivity contribution in [1.82, 2.24) is 10.6 Å². The molecule has 8 nitrogen and oxygen atoms in total. The van der Waals surface area contributed by atoms with E-state index in [4.69, 9.17) is 0 Å². The van der Waals surface area contributed by atoms with Crippen LogP contribution in [0.1, 0.15) is 194 Å².